The van der Waals surface area contributed by atoms with Gasteiger partial charge in [0, 0.05) is 34.5 Å². The van der Waals surface area contributed by atoms with E-state index in [1.807, 2.05) is 13.8 Å². The van der Waals surface area contributed by atoms with Gasteiger partial charge in [-0.25, -0.2) is 18.4 Å². The highest BCUT2D eigenvalue weighted by Gasteiger charge is 2.46. The van der Waals surface area contributed by atoms with Crippen LogP contribution in [-0.4, -0.2) is 35.8 Å². The smallest absolute Gasteiger partial charge is 0.244 e. The van der Waals surface area contributed by atoms with Crippen molar-refractivity contribution in [2.24, 2.45) is 0 Å². The lowest BCUT2D eigenvalue weighted by Gasteiger charge is -2.39. The third-order valence-electron chi connectivity index (χ3n) is 5.41. The summed E-state index contributed by atoms with van der Waals surface area (Å²) in [7, 11) is -3.48. The molecule has 1 spiro atoms. The number of nitrogens with zero attached hydrogens (tertiary/aromatic N) is 3. The first-order valence-electron chi connectivity index (χ1n) is 8.51. The van der Waals surface area contributed by atoms with E-state index in [1.54, 1.807) is 16.6 Å². The first-order valence-corrected chi connectivity index (χ1v) is 10.8. The van der Waals surface area contributed by atoms with Gasteiger partial charge in [-0.1, -0.05) is 0 Å². The number of anilines is 1. The predicted molar refractivity (Wildman–Crippen MR) is 98.2 cm³/mol. The van der Waals surface area contributed by atoms with Gasteiger partial charge in [0.2, 0.25) is 16.0 Å². The minimum absolute atomic E-state index is 0.226. The number of aromatic nitrogens is 2. The molecule has 1 aliphatic heterocycles. The Kier molecular flexibility index (Phi) is 3.90. The maximum Gasteiger partial charge on any atom is 0.244 e. The lowest BCUT2D eigenvalue weighted by atomic mass is 9.78. The van der Waals surface area contributed by atoms with Gasteiger partial charge in [0.15, 0.2) is 0 Å². The van der Waals surface area contributed by atoms with Crippen molar-refractivity contribution < 1.29 is 8.42 Å². The van der Waals surface area contributed by atoms with Crippen LogP contribution in [0.4, 0.5) is 5.95 Å². The highest BCUT2D eigenvalue weighted by atomic mass is 32.2. The highest BCUT2D eigenvalue weighted by molar-refractivity contribution is 7.89. The number of hydrogen-bond acceptors (Lipinski definition) is 6. The summed E-state index contributed by atoms with van der Waals surface area (Å²) in [6.07, 6.45) is 5.38. The number of nitrogen functional groups attached to an aromatic ring is 1. The van der Waals surface area contributed by atoms with Gasteiger partial charge in [0.1, 0.15) is 0 Å². The Labute approximate surface area is 152 Å². The van der Waals surface area contributed by atoms with Gasteiger partial charge >= 0.3 is 0 Å². The normalized spacial score (nSPS) is 23.9. The van der Waals surface area contributed by atoms with Crippen molar-refractivity contribution in [1.82, 2.24) is 14.3 Å². The summed E-state index contributed by atoms with van der Waals surface area (Å²) in [6.45, 7) is 4.87. The third kappa shape index (κ3) is 2.67. The van der Waals surface area contributed by atoms with Crippen LogP contribution in [0.2, 0.25) is 0 Å². The van der Waals surface area contributed by atoms with Gasteiger partial charge in [0.25, 0.3) is 0 Å². The lowest BCUT2D eigenvalue weighted by molar-refractivity contribution is 0.219. The molecule has 2 aliphatic rings. The Balaban J connectivity index is 1.71. The minimum atomic E-state index is -3.48. The fourth-order valence-electron chi connectivity index (χ4n) is 4.25. The van der Waals surface area contributed by atoms with E-state index in [-0.39, 0.29) is 11.4 Å². The Morgan fingerprint density at radius 1 is 1.32 bits per heavy atom. The van der Waals surface area contributed by atoms with Crippen molar-refractivity contribution in [1.29, 1.82) is 0 Å². The van der Waals surface area contributed by atoms with Crippen LogP contribution in [0.25, 0.3) is 0 Å². The molecule has 2 aromatic rings. The average molecular weight is 379 g/mol. The van der Waals surface area contributed by atoms with Gasteiger partial charge in [-0.2, -0.15) is 4.31 Å². The van der Waals surface area contributed by atoms with Gasteiger partial charge in [0.05, 0.1) is 10.6 Å². The number of rotatable bonds is 2. The Bertz CT molecular complexity index is 934. The maximum absolute atomic E-state index is 13.2. The van der Waals surface area contributed by atoms with E-state index in [0.717, 1.165) is 46.7 Å². The number of thiophene rings is 1. The number of sulfonamides is 1. The highest BCUT2D eigenvalue weighted by Crippen LogP contribution is 2.45. The number of piperidine rings is 1. The van der Waals surface area contributed by atoms with Crippen molar-refractivity contribution in [2.45, 2.75) is 49.8 Å². The van der Waals surface area contributed by atoms with E-state index in [0.29, 0.717) is 18.0 Å². The van der Waals surface area contributed by atoms with Crippen LogP contribution in [0, 0.1) is 13.8 Å². The lowest BCUT2D eigenvalue weighted by Crippen LogP contribution is -2.47. The van der Waals surface area contributed by atoms with E-state index < -0.39 is 10.0 Å². The average Bonchev–Trinajstić information content (AvgIpc) is 3.08. The van der Waals surface area contributed by atoms with Crippen LogP contribution in [0.1, 0.15) is 40.3 Å². The topological polar surface area (TPSA) is 89.2 Å². The predicted octanol–water partition coefficient (Wildman–Crippen LogP) is 2.41. The molecule has 2 aromatic heterocycles. The second-order valence-electron chi connectivity index (χ2n) is 7.10. The van der Waals surface area contributed by atoms with Crippen LogP contribution in [0.15, 0.2) is 17.2 Å². The van der Waals surface area contributed by atoms with E-state index in [4.69, 9.17) is 5.73 Å². The second kappa shape index (κ2) is 5.75. The number of nitrogens with two attached hydrogens (primary N) is 1. The molecule has 8 heteroatoms. The van der Waals surface area contributed by atoms with E-state index in [1.165, 1.54) is 11.3 Å². The first-order chi connectivity index (χ1) is 11.8. The zero-order valence-electron chi connectivity index (χ0n) is 14.4. The zero-order chi connectivity index (χ0) is 17.8. The molecule has 25 heavy (non-hydrogen) atoms. The monoisotopic (exact) mass is 378 g/mol. The molecule has 1 fully saturated rings. The molecule has 1 aliphatic carbocycles. The fourth-order valence-corrected chi connectivity index (χ4v) is 7.34. The number of fused-ring (bicyclic) bond motifs is 2. The van der Waals surface area contributed by atoms with Crippen LogP contribution in [0.3, 0.4) is 0 Å². The zero-order valence-corrected chi connectivity index (χ0v) is 16.1. The summed E-state index contributed by atoms with van der Waals surface area (Å²) >= 11 is 1.53. The molecular weight excluding hydrogens is 356 g/mol. The molecule has 134 valence electrons. The van der Waals surface area contributed by atoms with Crippen molar-refractivity contribution in [2.75, 3.05) is 18.8 Å². The van der Waals surface area contributed by atoms with Crippen LogP contribution < -0.4 is 5.73 Å². The maximum atomic E-state index is 13.2. The van der Waals surface area contributed by atoms with Crippen LogP contribution in [0.5, 0.6) is 0 Å². The van der Waals surface area contributed by atoms with Gasteiger partial charge < -0.3 is 5.73 Å². The summed E-state index contributed by atoms with van der Waals surface area (Å²) in [6, 6.07) is 1.79. The van der Waals surface area contributed by atoms with Crippen molar-refractivity contribution >= 4 is 27.3 Å². The molecule has 6 nitrogen and oxygen atoms in total. The molecule has 0 bridgehead atoms. The van der Waals surface area contributed by atoms with E-state index in [9.17, 15) is 8.42 Å². The molecular formula is C17H22N4O2S2. The van der Waals surface area contributed by atoms with Crippen LogP contribution in [-0.2, 0) is 21.9 Å². The standard InChI is InChI=1S/C17H22N4O2S2/c1-11-8-14(12(2)24-11)25(22,23)21-7-3-5-17(10-21)6-4-13-9-19-16(18)20-15(13)17/h8-9H,3-7,10H2,1-2H3,(H2,18,19,20). The van der Waals surface area contributed by atoms with Crippen LogP contribution >= 0.6 is 11.3 Å². The largest absolute Gasteiger partial charge is 0.368 e. The molecule has 4 rings (SSSR count). The molecule has 0 amide bonds. The molecule has 0 radical (unpaired) electrons. The molecule has 1 saturated heterocycles. The Hall–Kier alpha value is -1.51. The molecule has 3 heterocycles. The number of aryl methyl sites for hydroxylation is 3. The summed E-state index contributed by atoms with van der Waals surface area (Å²) in [5.41, 5.74) is 7.64. The van der Waals surface area contributed by atoms with Gasteiger partial charge in [-0.15, -0.1) is 11.3 Å². The third-order valence-corrected chi connectivity index (χ3v) is 8.48. The Morgan fingerprint density at radius 2 is 2.12 bits per heavy atom. The van der Waals surface area contributed by atoms with E-state index in [2.05, 4.69) is 9.97 Å². The van der Waals surface area contributed by atoms with E-state index >= 15 is 0 Å². The van der Waals surface area contributed by atoms with Gasteiger partial charge in [-0.05, 0) is 51.2 Å². The summed E-state index contributed by atoms with van der Waals surface area (Å²) in [5, 5.41) is 0. The summed E-state index contributed by atoms with van der Waals surface area (Å²) in [5.74, 6) is 0.268. The quantitative estimate of drug-likeness (QED) is 0.867. The molecule has 1 atom stereocenters. The van der Waals surface area contributed by atoms with Crippen molar-refractivity contribution in [3.8, 4) is 0 Å². The molecule has 0 aromatic carbocycles. The number of hydrogen-bond donors (Lipinski definition) is 1. The SMILES string of the molecule is Cc1cc(S(=O)(=O)N2CCCC3(CCc4cnc(N)nc43)C2)c(C)s1. The molecule has 1 unspecified atom stereocenters. The second-order valence-corrected chi connectivity index (χ2v) is 10.5. The van der Waals surface area contributed by atoms with Crippen molar-refractivity contribution in [3.63, 3.8) is 0 Å². The Morgan fingerprint density at radius 3 is 2.84 bits per heavy atom. The molecule has 2 N–H and O–H groups in total. The van der Waals surface area contributed by atoms with Gasteiger partial charge in [-0.3, -0.25) is 0 Å². The van der Waals surface area contributed by atoms with Crippen molar-refractivity contribution in [3.05, 3.63) is 33.3 Å². The molecule has 0 saturated carbocycles. The minimum Gasteiger partial charge on any atom is -0.368 e. The fraction of sp³-hybridized carbons (Fsp3) is 0.529. The summed E-state index contributed by atoms with van der Waals surface area (Å²) in [4.78, 5) is 10.9. The first kappa shape index (κ1) is 16.9. The summed E-state index contributed by atoms with van der Waals surface area (Å²) < 4.78 is 28.1.